The summed E-state index contributed by atoms with van der Waals surface area (Å²) in [4.78, 5) is 13.9. The number of ether oxygens (including phenoxy) is 1. The van der Waals surface area contributed by atoms with Crippen LogP contribution in [0.15, 0.2) is 5.38 Å². The number of alkyl carbamates (subject to hydrolysis) is 1. The van der Waals surface area contributed by atoms with Crippen LogP contribution in [0.5, 0.6) is 0 Å². The van der Waals surface area contributed by atoms with Gasteiger partial charge in [0, 0.05) is 31.1 Å². The maximum absolute atomic E-state index is 11.7. The molecule has 1 aromatic rings. The van der Waals surface area contributed by atoms with Gasteiger partial charge in [0.25, 0.3) is 0 Å². The number of aromatic nitrogens is 2. The molecule has 0 saturated carbocycles. The first-order valence-electron chi connectivity index (χ1n) is 6.40. The van der Waals surface area contributed by atoms with Gasteiger partial charge in [0.15, 0.2) is 0 Å². The Hall–Kier alpha value is -1.21. The molecule has 0 aromatic carbocycles. The molecule has 0 unspecified atom stereocenters. The van der Waals surface area contributed by atoms with Crippen molar-refractivity contribution >= 4 is 17.6 Å². The fraction of sp³-hybridized carbons (Fsp3) is 0.750. The van der Waals surface area contributed by atoms with Crippen LogP contribution in [0.4, 0.5) is 4.79 Å². The van der Waals surface area contributed by atoms with Gasteiger partial charge >= 0.3 is 6.09 Å². The Kier molecular flexibility index (Phi) is 4.36. The monoisotopic (exact) mass is 284 g/mol. The van der Waals surface area contributed by atoms with Gasteiger partial charge in [-0.15, -0.1) is 5.10 Å². The van der Waals surface area contributed by atoms with Gasteiger partial charge in [-0.25, -0.2) is 4.79 Å². The molecule has 1 amide bonds. The van der Waals surface area contributed by atoms with Crippen LogP contribution in [0.3, 0.4) is 0 Å². The number of nitrogens with zero attached hydrogens (tertiary/aromatic N) is 3. The molecule has 2 heterocycles. The number of carbonyl (C=O) groups is 1. The molecule has 1 saturated heterocycles. The summed E-state index contributed by atoms with van der Waals surface area (Å²) >= 11 is 1.36. The van der Waals surface area contributed by atoms with Crippen molar-refractivity contribution in [1.82, 2.24) is 19.8 Å². The molecule has 6 nitrogen and oxygen atoms in total. The number of amides is 1. The van der Waals surface area contributed by atoms with Crippen molar-refractivity contribution in [2.45, 2.75) is 45.4 Å². The molecule has 0 aliphatic carbocycles. The third-order valence-corrected chi connectivity index (χ3v) is 3.34. The average Bonchev–Trinajstić information content (AvgIpc) is 2.88. The topological polar surface area (TPSA) is 67.3 Å². The standard InChI is InChI=1S/C12H20N4O2S/c1-12(2,3)18-11(17)13-9-4-5-16(6-9)7-10-8-19-15-14-10/h8-9H,4-7H2,1-3H3,(H,13,17)/t9-/m1/s1. The highest BCUT2D eigenvalue weighted by molar-refractivity contribution is 7.03. The minimum Gasteiger partial charge on any atom is -0.444 e. The van der Waals surface area contributed by atoms with E-state index >= 15 is 0 Å². The van der Waals surface area contributed by atoms with Crippen molar-refractivity contribution in [1.29, 1.82) is 0 Å². The molecule has 1 aliphatic rings. The Morgan fingerprint density at radius 3 is 3.05 bits per heavy atom. The Balaban J connectivity index is 1.74. The van der Waals surface area contributed by atoms with Gasteiger partial charge in [-0.3, -0.25) is 4.90 Å². The zero-order valence-electron chi connectivity index (χ0n) is 11.5. The maximum Gasteiger partial charge on any atom is 0.407 e. The highest BCUT2D eigenvalue weighted by Crippen LogP contribution is 2.14. The molecule has 7 heteroatoms. The fourth-order valence-corrected chi connectivity index (χ4v) is 2.49. The smallest absolute Gasteiger partial charge is 0.407 e. The molecule has 0 radical (unpaired) electrons. The number of hydrogen-bond donors (Lipinski definition) is 1. The predicted molar refractivity (Wildman–Crippen MR) is 73.0 cm³/mol. The van der Waals surface area contributed by atoms with Gasteiger partial charge in [0.05, 0.1) is 5.69 Å². The largest absolute Gasteiger partial charge is 0.444 e. The van der Waals surface area contributed by atoms with Gasteiger partial charge < -0.3 is 10.1 Å². The molecule has 1 fully saturated rings. The summed E-state index contributed by atoms with van der Waals surface area (Å²) in [6, 6.07) is 0.154. The average molecular weight is 284 g/mol. The van der Waals surface area contributed by atoms with Crippen LogP contribution in [0, 0.1) is 0 Å². The van der Waals surface area contributed by atoms with Crippen molar-refractivity contribution in [3.8, 4) is 0 Å². The first-order chi connectivity index (χ1) is 8.92. The summed E-state index contributed by atoms with van der Waals surface area (Å²) in [5.41, 5.74) is 0.539. The second-order valence-electron chi connectivity index (χ2n) is 5.76. The van der Waals surface area contributed by atoms with Crippen LogP contribution in [0.2, 0.25) is 0 Å². The van der Waals surface area contributed by atoms with Gasteiger partial charge in [-0.1, -0.05) is 4.49 Å². The molecule has 106 valence electrons. The number of likely N-dealkylation sites (tertiary alicyclic amines) is 1. The summed E-state index contributed by atoms with van der Waals surface area (Å²) in [6.07, 6.45) is 0.603. The second-order valence-corrected chi connectivity index (χ2v) is 6.37. The molecule has 19 heavy (non-hydrogen) atoms. The minimum absolute atomic E-state index is 0.154. The first kappa shape index (κ1) is 14.2. The Labute approximate surface area is 117 Å². The quantitative estimate of drug-likeness (QED) is 0.914. The van der Waals surface area contributed by atoms with Gasteiger partial charge in [0.2, 0.25) is 0 Å². The van der Waals surface area contributed by atoms with E-state index in [-0.39, 0.29) is 12.1 Å². The van der Waals surface area contributed by atoms with E-state index in [2.05, 4.69) is 19.8 Å². The van der Waals surface area contributed by atoms with E-state index in [1.807, 2.05) is 26.2 Å². The summed E-state index contributed by atoms with van der Waals surface area (Å²) < 4.78 is 9.10. The Morgan fingerprint density at radius 1 is 1.63 bits per heavy atom. The number of hydrogen-bond acceptors (Lipinski definition) is 6. The third kappa shape index (κ3) is 4.76. The molecular weight excluding hydrogens is 264 g/mol. The van der Waals surface area contributed by atoms with Crippen molar-refractivity contribution in [3.63, 3.8) is 0 Å². The lowest BCUT2D eigenvalue weighted by atomic mass is 10.2. The van der Waals surface area contributed by atoms with Crippen LogP contribution in [-0.2, 0) is 11.3 Å². The molecular formula is C12H20N4O2S. The van der Waals surface area contributed by atoms with E-state index < -0.39 is 5.60 Å². The zero-order valence-corrected chi connectivity index (χ0v) is 12.4. The van der Waals surface area contributed by atoms with Crippen molar-refractivity contribution < 1.29 is 9.53 Å². The van der Waals surface area contributed by atoms with E-state index in [1.54, 1.807) is 0 Å². The third-order valence-electron chi connectivity index (χ3n) is 2.78. The summed E-state index contributed by atoms with van der Waals surface area (Å²) in [6.45, 7) is 8.17. The second kappa shape index (κ2) is 5.83. The Bertz CT molecular complexity index is 416. The first-order valence-corrected chi connectivity index (χ1v) is 7.24. The Morgan fingerprint density at radius 2 is 2.42 bits per heavy atom. The molecule has 1 aromatic heterocycles. The molecule has 2 rings (SSSR count). The van der Waals surface area contributed by atoms with Crippen molar-refractivity contribution in [2.24, 2.45) is 0 Å². The SMILES string of the molecule is CC(C)(C)OC(=O)N[C@@H]1CCN(Cc2csnn2)C1. The lowest BCUT2D eigenvalue weighted by Crippen LogP contribution is -2.40. The number of nitrogens with one attached hydrogen (secondary N) is 1. The van der Waals surface area contributed by atoms with E-state index in [4.69, 9.17) is 4.74 Å². The molecule has 1 aliphatic heterocycles. The maximum atomic E-state index is 11.7. The number of rotatable bonds is 3. The summed E-state index contributed by atoms with van der Waals surface area (Å²) in [5, 5.41) is 8.89. The molecule has 0 bridgehead atoms. The van der Waals surface area contributed by atoms with Crippen LogP contribution >= 0.6 is 11.5 Å². The van der Waals surface area contributed by atoms with E-state index in [9.17, 15) is 4.79 Å². The highest BCUT2D eigenvalue weighted by atomic mass is 32.1. The lowest BCUT2D eigenvalue weighted by molar-refractivity contribution is 0.0505. The fourth-order valence-electron chi connectivity index (χ4n) is 2.05. The van der Waals surface area contributed by atoms with E-state index in [0.717, 1.165) is 31.7 Å². The normalized spacial score (nSPS) is 20.5. The number of carbonyl (C=O) groups excluding carboxylic acids is 1. The van der Waals surface area contributed by atoms with Crippen molar-refractivity contribution in [2.75, 3.05) is 13.1 Å². The van der Waals surface area contributed by atoms with Crippen LogP contribution < -0.4 is 5.32 Å². The van der Waals surface area contributed by atoms with Gasteiger partial charge in [-0.05, 0) is 38.7 Å². The molecule has 1 atom stereocenters. The van der Waals surface area contributed by atoms with Crippen molar-refractivity contribution in [3.05, 3.63) is 11.1 Å². The van der Waals surface area contributed by atoms with Gasteiger partial charge in [-0.2, -0.15) is 0 Å². The summed E-state index contributed by atoms with van der Waals surface area (Å²) in [7, 11) is 0. The predicted octanol–water partition coefficient (Wildman–Crippen LogP) is 1.64. The van der Waals surface area contributed by atoms with Gasteiger partial charge in [0.1, 0.15) is 5.60 Å². The molecule has 0 spiro atoms. The zero-order chi connectivity index (χ0) is 13.9. The summed E-state index contributed by atoms with van der Waals surface area (Å²) in [5.74, 6) is 0. The lowest BCUT2D eigenvalue weighted by Gasteiger charge is -2.21. The van der Waals surface area contributed by atoms with Crippen LogP contribution in [0.1, 0.15) is 32.9 Å². The van der Waals surface area contributed by atoms with Crippen LogP contribution in [0.25, 0.3) is 0 Å². The molecule has 1 N–H and O–H groups in total. The van der Waals surface area contributed by atoms with E-state index in [1.165, 1.54) is 11.5 Å². The van der Waals surface area contributed by atoms with E-state index in [0.29, 0.717) is 0 Å². The minimum atomic E-state index is -0.450. The highest BCUT2D eigenvalue weighted by Gasteiger charge is 2.26. The van der Waals surface area contributed by atoms with Crippen LogP contribution in [-0.4, -0.2) is 45.3 Å².